The second-order valence-corrected chi connectivity index (χ2v) is 6.49. The summed E-state index contributed by atoms with van der Waals surface area (Å²) < 4.78 is 0.237. The van der Waals surface area contributed by atoms with E-state index in [0.29, 0.717) is 13.1 Å². The SMILES string of the molecule is CCC/C=C/CCCCCCCC1=NC=C[N+]1(CCN)CC(=O)[O-]. The van der Waals surface area contributed by atoms with Gasteiger partial charge in [0.1, 0.15) is 19.3 Å². The first kappa shape index (κ1) is 20.6. The number of quaternary nitrogens is 1. The molecule has 1 aliphatic heterocycles. The Morgan fingerprint density at radius 1 is 1.21 bits per heavy atom. The minimum absolute atomic E-state index is 0.0728. The number of carboxylic acid groups (broad SMARTS) is 1. The summed E-state index contributed by atoms with van der Waals surface area (Å²) in [6, 6.07) is 0. The number of aliphatic carboxylic acids is 1. The normalized spacial score (nSPS) is 20.0. The van der Waals surface area contributed by atoms with Gasteiger partial charge >= 0.3 is 0 Å². The summed E-state index contributed by atoms with van der Waals surface area (Å²) >= 11 is 0. The fourth-order valence-electron chi connectivity index (χ4n) is 3.10. The van der Waals surface area contributed by atoms with Crippen LogP contribution in [-0.2, 0) is 4.79 Å². The molecule has 0 spiro atoms. The highest BCUT2D eigenvalue weighted by molar-refractivity contribution is 5.80. The van der Waals surface area contributed by atoms with Gasteiger partial charge in [-0.05, 0) is 25.7 Å². The van der Waals surface area contributed by atoms with Crippen LogP contribution in [0.3, 0.4) is 0 Å². The minimum Gasteiger partial charge on any atom is -0.544 e. The van der Waals surface area contributed by atoms with Crippen LogP contribution in [0.1, 0.15) is 64.7 Å². The van der Waals surface area contributed by atoms with Crippen LogP contribution in [0.15, 0.2) is 29.5 Å². The highest BCUT2D eigenvalue weighted by Crippen LogP contribution is 2.20. The first-order chi connectivity index (χ1) is 11.6. The molecule has 1 rings (SSSR count). The molecule has 0 saturated heterocycles. The number of nitrogens with two attached hydrogens (primary N) is 1. The zero-order valence-corrected chi connectivity index (χ0v) is 15.1. The zero-order valence-electron chi connectivity index (χ0n) is 15.1. The molecule has 24 heavy (non-hydrogen) atoms. The van der Waals surface area contributed by atoms with Crippen molar-refractivity contribution in [3.05, 3.63) is 24.6 Å². The van der Waals surface area contributed by atoms with E-state index in [9.17, 15) is 9.90 Å². The zero-order chi connectivity index (χ0) is 17.7. The topological polar surface area (TPSA) is 78.5 Å². The summed E-state index contributed by atoms with van der Waals surface area (Å²) in [5, 5.41) is 11.1. The summed E-state index contributed by atoms with van der Waals surface area (Å²) in [6.07, 6.45) is 18.5. The number of carboxylic acids is 1. The molecule has 1 heterocycles. The van der Waals surface area contributed by atoms with Crippen LogP contribution in [0.2, 0.25) is 0 Å². The van der Waals surface area contributed by atoms with E-state index >= 15 is 0 Å². The average molecular weight is 335 g/mol. The number of allylic oxidation sites excluding steroid dienone is 2. The van der Waals surface area contributed by atoms with E-state index in [-0.39, 0.29) is 11.0 Å². The van der Waals surface area contributed by atoms with E-state index in [0.717, 1.165) is 25.1 Å². The van der Waals surface area contributed by atoms with Crippen LogP contribution in [0.4, 0.5) is 0 Å². The van der Waals surface area contributed by atoms with Crippen LogP contribution < -0.4 is 10.8 Å². The maximum absolute atomic E-state index is 11.1. The summed E-state index contributed by atoms with van der Waals surface area (Å²) in [4.78, 5) is 15.5. The molecule has 136 valence electrons. The Morgan fingerprint density at radius 3 is 2.62 bits per heavy atom. The lowest BCUT2D eigenvalue weighted by Crippen LogP contribution is -2.55. The Morgan fingerprint density at radius 2 is 1.92 bits per heavy atom. The number of rotatable bonds is 14. The van der Waals surface area contributed by atoms with E-state index in [1.165, 1.54) is 38.5 Å². The van der Waals surface area contributed by atoms with Crippen LogP contribution in [0.5, 0.6) is 0 Å². The highest BCUT2D eigenvalue weighted by Gasteiger charge is 2.34. The molecule has 0 aromatic rings. The van der Waals surface area contributed by atoms with Gasteiger partial charge in [-0.3, -0.25) is 0 Å². The maximum atomic E-state index is 11.1. The molecule has 0 fully saturated rings. The van der Waals surface area contributed by atoms with Crippen LogP contribution in [0.25, 0.3) is 0 Å². The Labute approximate surface area is 146 Å². The minimum atomic E-state index is -1.06. The van der Waals surface area contributed by atoms with Gasteiger partial charge in [0.15, 0.2) is 0 Å². The third kappa shape index (κ3) is 7.41. The number of nitrogens with zero attached hydrogens (tertiary/aromatic N) is 2. The maximum Gasteiger partial charge on any atom is 0.207 e. The van der Waals surface area contributed by atoms with Crippen LogP contribution >= 0.6 is 0 Å². The molecule has 2 N–H and O–H groups in total. The fourth-order valence-corrected chi connectivity index (χ4v) is 3.10. The number of unbranched alkanes of at least 4 members (excludes halogenated alkanes) is 6. The van der Waals surface area contributed by atoms with Crippen molar-refractivity contribution in [2.24, 2.45) is 10.7 Å². The monoisotopic (exact) mass is 335 g/mol. The Balaban J connectivity index is 2.23. The molecule has 0 bridgehead atoms. The molecule has 5 nitrogen and oxygen atoms in total. The van der Waals surface area contributed by atoms with Gasteiger partial charge in [0.2, 0.25) is 5.84 Å². The standard InChI is InChI=1S/C19H33N3O2/c1-2-3-4-5-6-7-8-9-10-11-12-18-21-14-16-22(18,15-13-20)17-19(23)24/h4-5,14,16H,2-3,6-13,15,17,20H2,1H3/b5-4+. The van der Waals surface area contributed by atoms with Crippen molar-refractivity contribution in [2.45, 2.75) is 64.7 Å². The smallest absolute Gasteiger partial charge is 0.207 e. The van der Waals surface area contributed by atoms with Gasteiger partial charge in [0.25, 0.3) is 0 Å². The average Bonchev–Trinajstić information content (AvgIpc) is 2.91. The molecule has 0 aromatic carbocycles. The molecule has 1 atom stereocenters. The summed E-state index contributed by atoms with van der Waals surface area (Å²) in [7, 11) is 0. The number of amidine groups is 1. The number of carbonyl (C=O) groups is 1. The van der Waals surface area contributed by atoms with Crippen molar-refractivity contribution in [1.82, 2.24) is 0 Å². The van der Waals surface area contributed by atoms with Crippen molar-refractivity contribution in [2.75, 3.05) is 19.6 Å². The summed E-state index contributed by atoms with van der Waals surface area (Å²) in [6.45, 7) is 3.12. The molecular formula is C19H33N3O2. The highest BCUT2D eigenvalue weighted by atomic mass is 16.4. The van der Waals surface area contributed by atoms with Crippen molar-refractivity contribution in [3.8, 4) is 0 Å². The Kier molecular flexibility index (Phi) is 10.3. The summed E-state index contributed by atoms with van der Waals surface area (Å²) in [5.74, 6) is -0.147. The van der Waals surface area contributed by atoms with Crippen LogP contribution in [-0.4, -0.2) is 35.9 Å². The van der Waals surface area contributed by atoms with Gasteiger partial charge in [-0.25, -0.2) is 9.48 Å². The van der Waals surface area contributed by atoms with Gasteiger partial charge in [-0.1, -0.05) is 44.8 Å². The second kappa shape index (κ2) is 12.0. The van der Waals surface area contributed by atoms with Gasteiger partial charge in [0.05, 0.1) is 12.2 Å². The van der Waals surface area contributed by atoms with E-state index < -0.39 is 5.97 Å². The van der Waals surface area contributed by atoms with Crippen molar-refractivity contribution in [3.63, 3.8) is 0 Å². The lowest BCUT2D eigenvalue weighted by atomic mass is 10.1. The third-order valence-electron chi connectivity index (χ3n) is 4.42. The lowest BCUT2D eigenvalue weighted by molar-refractivity contribution is -0.780. The lowest BCUT2D eigenvalue weighted by Gasteiger charge is -2.32. The fraction of sp³-hybridized carbons (Fsp3) is 0.684. The van der Waals surface area contributed by atoms with Crippen molar-refractivity contribution < 1.29 is 14.4 Å². The van der Waals surface area contributed by atoms with E-state index in [4.69, 9.17) is 5.73 Å². The number of hydrogen-bond donors (Lipinski definition) is 1. The number of carbonyl (C=O) groups excluding carboxylic acids is 1. The number of aliphatic imine (C=N–C) groups is 1. The molecule has 0 amide bonds. The predicted molar refractivity (Wildman–Crippen MR) is 97.0 cm³/mol. The van der Waals surface area contributed by atoms with E-state index in [2.05, 4.69) is 24.1 Å². The first-order valence-electron chi connectivity index (χ1n) is 9.31. The Bertz CT molecular complexity index is 458. The van der Waals surface area contributed by atoms with Gasteiger partial charge in [-0.2, -0.15) is 0 Å². The molecule has 1 aliphatic rings. The van der Waals surface area contributed by atoms with Crippen molar-refractivity contribution >= 4 is 11.8 Å². The second-order valence-electron chi connectivity index (χ2n) is 6.49. The molecule has 1 unspecified atom stereocenters. The molecule has 0 saturated carbocycles. The molecule has 0 aromatic heterocycles. The third-order valence-corrected chi connectivity index (χ3v) is 4.42. The van der Waals surface area contributed by atoms with Gasteiger partial charge in [0, 0.05) is 13.0 Å². The van der Waals surface area contributed by atoms with Crippen molar-refractivity contribution in [1.29, 1.82) is 0 Å². The Hall–Kier alpha value is -1.46. The van der Waals surface area contributed by atoms with E-state index in [1.807, 2.05) is 6.20 Å². The van der Waals surface area contributed by atoms with Crippen LogP contribution in [0, 0.1) is 0 Å². The molecule has 0 aliphatic carbocycles. The largest absolute Gasteiger partial charge is 0.544 e. The summed E-state index contributed by atoms with van der Waals surface area (Å²) in [5.41, 5.74) is 5.66. The molecule has 0 radical (unpaired) electrons. The molecule has 5 heteroatoms. The quantitative estimate of drug-likeness (QED) is 0.301. The van der Waals surface area contributed by atoms with Gasteiger partial charge < -0.3 is 15.6 Å². The van der Waals surface area contributed by atoms with E-state index in [1.54, 1.807) is 6.20 Å². The van der Waals surface area contributed by atoms with Gasteiger partial charge in [-0.15, -0.1) is 0 Å². The number of hydrogen-bond acceptors (Lipinski definition) is 4. The molecular weight excluding hydrogens is 302 g/mol. The first-order valence-corrected chi connectivity index (χ1v) is 9.31. The predicted octanol–water partition coefficient (Wildman–Crippen LogP) is 2.48.